The van der Waals surface area contributed by atoms with Gasteiger partial charge in [0.05, 0.1) is 6.04 Å². The molecule has 16 heavy (non-hydrogen) atoms. The van der Waals surface area contributed by atoms with Crippen LogP contribution in [0.5, 0.6) is 0 Å². The highest BCUT2D eigenvalue weighted by molar-refractivity contribution is 6.30. The van der Waals surface area contributed by atoms with E-state index in [0.29, 0.717) is 10.9 Å². The smallest absolute Gasteiger partial charge is 0.223 e. The van der Waals surface area contributed by atoms with Crippen LogP contribution in [0.4, 0.5) is 4.39 Å². The monoisotopic (exact) mass is 241 g/mol. The molecule has 1 aromatic heterocycles. The van der Waals surface area contributed by atoms with Crippen molar-refractivity contribution in [1.29, 1.82) is 0 Å². The summed E-state index contributed by atoms with van der Waals surface area (Å²) < 4.78 is 18.3. The van der Waals surface area contributed by atoms with Gasteiger partial charge < -0.3 is 10.3 Å². The molecule has 4 nitrogen and oxygen atoms in total. The van der Waals surface area contributed by atoms with Gasteiger partial charge in [0.15, 0.2) is 5.82 Å². The number of hydrogen-bond acceptors (Lipinski definition) is 4. The Hall–Kier alpha value is -1.46. The fraction of sp³-hybridized carbons (Fsp3) is 0.200. The summed E-state index contributed by atoms with van der Waals surface area (Å²) in [7, 11) is 0. The minimum Gasteiger partial charge on any atom is -0.340 e. The van der Waals surface area contributed by atoms with E-state index in [2.05, 4.69) is 10.1 Å². The van der Waals surface area contributed by atoms with E-state index in [-0.39, 0.29) is 11.4 Å². The molecular weight excluding hydrogens is 233 g/mol. The van der Waals surface area contributed by atoms with Crippen molar-refractivity contribution in [2.45, 2.75) is 13.0 Å². The van der Waals surface area contributed by atoms with E-state index in [1.54, 1.807) is 6.92 Å². The number of aromatic nitrogens is 2. The third-order valence-electron chi connectivity index (χ3n) is 2.11. The SMILES string of the molecule is Cc1nc(C(N)c2cc(Cl)ccc2F)no1. The Kier molecular flexibility index (Phi) is 2.89. The molecule has 2 N–H and O–H groups in total. The molecule has 0 bridgehead atoms. The molecule has 0 radical (unpaired) electrons. The van der Waals surface area contributed by atoms with Crippen LogP contribution in [0.1, 0.15) is 23.3 Å². The van der Waals surface area contributed by atoms with Crippen LogP contribution in [0, 0.1) is 12.7 Å². The van der Waals surface area contributed by atoms with E-state index in [1.165, 1.54) is 18.2 Å². The molecule has 2 aromatic rings. The van der Waals surface area contributed by atoms with Gasteiger partial charge >= 0.3 is 0 Å². The highest BCUT2D eigenvalue weighted by atomic mass is 35.5. The van der Waals surface area contributed by atoms with Crippen LogP contribution >= 0.6 is 11.6 Å². The predicted molar refractivity (Wildman–Crippen MR) is 56.5 cm³/mol. The number of benzene rings is 1. The highest BCUT2D eigenvalue weighted by Gasteiger charge is 2.18. The predicted octanol–water partition coefficient (Wildman–Crippen LogP) is 2.22. The number of nitrogens with two attached hydrogens (primary N) is 1. The Morgan fingerprint density at radius 2 is 2.25 bits per heavy atom. The van der Waals surface area contributed by atoms with E-state index < -0.39 is 11.9 Å². The van der Waals surface area contributed by atoms with Crippen molar-refractivity contribution in [3.05, 3.63) is 46.3 Å². The van der Waals surface area contributed by atoms with Crippen LogP contribution < -0.4 is 5.73 Å². The van der Waals surface area contributed by atoms with Gasteiger partial charge in [-0.2, -0.15) is 4.98 Å². The van der Waals surface area contributed by atoms with Gasteiger partial charge in [0.2, 0.25) is 5.89 Å². The van der Waals surface area contributed by atoms with Gasteiger partial charge in [0.25, 0.3) is 0 Å². The molecule has 0 spiro atoms. The average molecular weight is 242 g/mol. The van der Waals surface area contributed by atoms with Crippen molar-refractivity contribution in [2.75, 3.05) is 0 Å². The summed E-state index contributed by atoms with van der Waals surface area (Å²) in [5, 5.41) is 4.05. The lowest BCUT2D eigenvalue weighted by Crippen LogP contribution is -2.15. The van der Waals surface area contributed by atoms with E-state index in [9.17, 15) is 4.39 Å². The van der Waals surface area contributed by atoms with E-state index in [4.69, 9.17) is 21.9 Å². The number of rotatable bonds is 2. The summed E-state index contributed by atoms with van der Waals surface area (Å²) in [5.41, 5.74) is 6.06. The summed E-state index contributed by atoms with van der Waals surface area (Å²) in [6.07, 6.45) is 0. The zero-order valence-electron chi connectivity index (χ0n) is 8.45. The molecule has 2 rings (SSSR count). The lowest BCUT2D eigenvalue weighted by molar-refractivity contribution is 0.385. The first-order valence-electron chi connectivity index (χ1n) is 4.58. The van der Waals surface area contributed by atoms with Crippen LogP contribution in [-0.4, -0.2) is 10.1 Å². The zero-order chi connectivity index (χ0) is 11.7. The second kappa shape index (κ2) is 4.19. The fourth-order valence-electron chi connectivity index (χ4n) is 1.33. The standard InChI is InChI=1S/C10H9ClFN3O/c1-5-14-10(15-16-5)9(13)7-4-6(11)2-3-8(7)12/h2-4,9H,13H2,1H3. The molecule has 0 aliphatic rings. The maximum absolute atomic E-state index is 13.5. The molecule has 0 amide bonds. The fourth-order valence-corrected chi connectivity index (χ4v) is 1.51. The van der Waals surface area contributed by atoms with Crippen molar-refractivity contribution in [1.82, 2.24) is 10.1 Å². The summed E-state index contributed by atoms with van der Waals surface area (Å²) in [6, 6.07) is 3.38. The first-order valence-corrected chi connectivity index (χ1v) is 4.96. The van der Waals surface area contributed by atoms with Crippen molar-refractivity contribution in [2.24, 2.45) is 5.73 Å². The van der Waals surface area contributed by atoms with Gasteiger partial charge in [-0.15, -0.1) is 0 Å². The molecule has 84 valence electrons. The second-order valence-corrected chi connectivity index (χ2v) is 3.75. The molecule has 0 aliphatic carbocycles. The van der Waals surface area contributed by atoms with Gasteiger partial charge in [-0.3, -0.25) is 0 Å². The molecule has 1 aromatic carbocycles. The Bertz CT molecular complexity index is 515. The van der Waals surface area contributed by atoms with Crippen molar-refractivity contribution < 1.29 is 8.91 Å². The minimum atomic E-state index is -0.781. The normalized spacial score (nSPS) is 12.8. The number of aryl methyl sites for hydroxylation is 1. The zero-order valence-corrected chi connectivity index (χ0v) is 9.20. The number of nitrogens with zero attached hydrogens (tertiary/aromatic N) is 2. The summed E-state index contributed by atoms with van der Waals surface area (Å²) in [6.45, 7) is 1.64. The summed E-state index contributed by atoms with van der Waals surface area (Å²) in [4.78, 5) is 3.95. The van der Waals surface area contributed by atoms with Crippen LogP contribution in [0.2, 0.25) is 5.02 Å². The molecule has 1 atom stereocenters. The molecule has 0 aliphatic heterocycles. The van der Waals surface area contributed by atoms with E-state index in [1.807, 2.05) is 0 Å². The number of hydrogen-bond donors (Lipinski definition) is 1. The lowest BCUT2D eigenvalue weighted by atomic mass is 10.1. The Morgan fingerprint density at radius 3 is 2.88 bits per heavy atom. The van der Waals surface area contributed by atoms with Gasteiger partial charge in [-0.1, -0.05) is 16.8 Å². The third-order valence-corrected chi connectivity index (χ3v) is 2.35. The van der Waals surface area contributed by atoms with Crippen LogP contribution in [0.3, 0.4) is 0 Å². The summed E-state index contributed by atoms with van der Waals surface area (Å²) >= 11 is 5.77. The van der Waals surface area contributed by atoms with Crippen LogP contribution in [-0.2, 0) is 0 Å². The maximum atomic E-state index is 13.5. The van der Waals surface area contributed by atoms with Gasteiger partial charge in [0, 0.05) is 17.5 Å². The first kappa shape index (κ1) is 11.0. The van der Waals surface area contributed by atoms with Crippen molar-refractivity contribution in [3.8, 4) is 0 Å². The average Bonchev–Trinajstić information content (AvgIpc) is 2.67. The molecule has 0 saturated heterocycles. The topological polar surface area (TPSA) is 64.9 Å². The molecule has 6 heteroatoms. The van der Waals surface area contributed by atoms with Crippen molar-refractivity contribution in [3.63, 3.8) is 0 Å². The molecule has 0 saturated carbocycles. The van der Waals surface area contributed by atoms with E-state index >= 15 is 0 Å². The van der Waals surface area contributed by atoms with Crippen LogP contribution in [0.15, 0.2) is 22.7 Å². The van der Waals surface area contributed by atoms with Crippen molar-refractivity contribution >= 4 is 11.6 Å². The molecule has 1 unspecified atom stereocenters. The summed E-state index contributed by atoms with van der Waals surface area (Å²) in [5.74, 6) is 0.172. The van der Waals surface area contributed by atoms with Gasteiger partial charge in [0.1, 0.15) is 5.82 Å². The molecular formula is C10H9ClFN3O. The molecule has 1 heterocycles. The Labute approximate surface area is 96.2 Å². The largest absolute Gasteiger partial charge is 0.340 e. The highest BCUT2D eigenvalue weighted by Crippen LogP contribution is 2.23. The van der Waals surface area contributed by atoms with Gasteiger partial charge in [-0.05, 0) is 18.2 Å². The molecule has 0 fully saturated rings. The third kappa shape index (κ3) is 2.05. The van der Waals surface area contributed by atoms with Crippen LogP contribution in [0.25, 0.3) is 0 Å². The minimum absolute atomic E-state index is 0.235. The lowest BCUT2D eigenvalue weighted by Gasteiger charge is -2.08. The second-order valence-electron chi connectivity index (χ2n) is 3.32. The maximum Gasteiger partial charge on any atom is 0.223 e. The first-order chi connectivity index (χ1) is 7.58. The van der Waals surface area contributed by atoms with Gasteiger partial charge in [-0.25, -0.2) is 4.39 Å². The quantitative estimate of drug-likeness (QED) is 0.876. The van der Waals surface area contributed by atoms with E-state index in [0.717, 1.165) is 0 Å². The number of halogens is 2. The Balaban J connectivity index is 2.40. The Morgan fingerprint density at radius 1 is 1.50 bits per heavy atom.